The number of ether oxygens (including phenoxy) is 1. The average molecular weight is 400 g/mol. The molecule has 1 aromatic rings. The number of anilines is 1. The molecule has 1 aromatic carbocycles. The molecule has 2 aliphatic rings. The van der Waals surface area contributed by atoms with Crippen molar-refractivity contribution in [3.63, 3.8) is 0 Å². The van der Waals surface area contributed by atoms with Crippen molar-refractivity contribution in [3.8, 4) is 6.07 Å². The van der Waals surface area contributed by atoms with Gasteiger partial charge in [-0.2, -0.15) is 5.26 Å². The molecule has 2 N–H and O–H groups in total. The van der Waals surface area contributed by atoms with E-state index in [0.717, 1.165) is 38.2 Å². The van der Waals surface area contributed by atoms with E-state index in [1.165, 1.54) is 19.1 Å². The molecule has 2 fully saturated rings. The number of nitro groups is 1. The summed E-state index contributed by atoms with van der Waals surface area (Å²) in [5.41, 5.74) is -0.794. The summed E-state index contributed by atoms with van der Waals surface area (Å²) in [5, 5.41) is 26.6. The van der Waals surface area contributed by atoms with Gasteiger partial charge in [0.2, 0.25) is 0 Å². The van der Waals surface area contributed by atoms with E-state index >= 15 is 0 Å². The molecule has 0 bridgehead atoms. The van der Waals surface area contributed by atoms with Gasteiger partial charge >= 0.3 is 5.97 Å². The second-order valence-electron chi connectivity index (χ2n) is 7.70. The van der Waals surface area contributed by atoms with Crippen molar-refractivity contribution in [1.82, 2.24) is 5.32 Å². The largest absolute Gasteiger partial charge is 0.449 e. The van der Waals surface area contributed by atoms with Crippen molar-refractivity contribution in [1.29, 1.82) is 5.26 Å². The number of nitriles is 1. The standard InChI is InChI=1S/C20H24N4O5/c1-13(18(25)23-20(12-21)9-3-2-4-10-20)29-19(26)14-5-8-16(22-15-6-7-15)17(11-14)24(27)28/h5,8,11,13,15,22H,2-4,6-7,9-10H2,1H3,(H,23,25)/t13-/m0/s1. The van der Waals surface area contributed by atoms with Crippen LogP contribution in [0, 0.1) is 21.4 Å². The van der Waals surface area contributed by atoms with Crippen LogP contribution in [-0.4, -0.2) is 34.5 Å². The lowest BCUT2D eigenvalue weighted by molar-refractivity contribution is -0.384. The number of rotatable bonds is 7. The predicted molar refractivity (Wildman–Crippen MR) is 104 cm³/mol. The van der Waals surface area contributed by atoms with Crippen molar-refractivity contribution >= 4 is 23.3 Å². The fraction of sp³-hybridized carbons (Fsp3) is 0.550. The summed E-state index contributed by atoms with van der Waals surface area (Å²) in [5.74, 6) is -1.38. The first-order valence-corrected chi connectivity index (χ1v) is 9.83. The number of esters is 1. The number of carbonyl (C=O) groups is 2. The molecule has 29 heavy (non-hydrogen) atoms. The van der Waals surface area contributed by atoms with Crippen molar-refractivity contribution < 1.29 is 19.2 Å². The van der Waals surface area contributed by atoms with Gasteiger partial charge in [-0.1, -0.05) is 19.3 Å². The molecule has 0 radical (unpaired) electrons. The number of nitrogens with one attached hydrogen (secondary N) is 2. The van der Waals surface area contributed by atoms with Gasteiger partial charge in [-0.15, -0.1) is 0 Å². The van der Waals surface area contributed by atoms with Gasteiger partial charge in [0.1, 0.15) is 11.2 Å². The predicted octanol–water partition coefficient (Wildman–Crippen LogP) is 3.06. The smallest absolute Gasteiger partial charge is 0.339 e. The van der Waals surface area contributed by atoms with Crippen LogP contribution >= 0.6 is 0 Å². The SMILES string of the molecule is C[C@H](OC(=O)c1ccc(NC2CC2)c([N+](=O)[O-])c1)C(=O)NC1(C#N)CCCCC1. The number of nitrogens with zero attached hydrogens (tertiary/aromatic N) is 2. The summed E-state index contributed by atoms with van der Waals surface area (Å²) >= 11 is 0. The molecule has 0 unspecified atom stereocenters. The van der Waals surface area contributed by atoms with Crippen LogP contribution in [0.3, 0.4) is 0 Å². The Bertz CT molecular complexity index is 853. The summed E-state index contributed by atoms with van der Waals surface area (Å²) in [6, 6.07) is 6.46. The number of nitro benzene ring substituents is 1. The van der Waals surface area contributed by atoms with Crippen LogP contribution in [0.5, 0.6) is 0 Å². The molecule has 2 saturated carbocycles. The monoisotopic (exact) mass is 400 g/mol. The molecular weight excluding hydrogens is 376 g/mol. The summed E-state index contributed by atoms with van der Waals surface area (Å²) in [7, 11) is 0. The molecule has 1 atom stereocenters. The second-order valence-corrected chi connectivity index (χ2v) is 7.70. The third-order valence-electron chi connectivity index (χ3n) is 5.30. The number of hydrogen-bond donors (Lipinski definition) is 2. The highest BCUT2D eigenvalue weighted by Crippen LogP contribution is 2.32. The molecule has 154 valence electrons. The zero-order valence-corrected chi connectivity index (χ0v) is 16.3. The first kappa shape index (κ1) is 20.6. The molecule has 2 aliphatic carbocycles. The third kappa shape index (κ3) is 5.02. The first-order valence-electron chi connectivity index (χ1n) is 9.83. The normalized spacial score (nSPS) is 18.8. The summed E-state index contributed by atoms with van der Waals surface area (Å²) in [6.45, 7) is 1.42. The Morgan fingerprint density at radius 2 is 2.00 bits per heavy atom. The van der Waals surface area contributed by atoms with Crippen molar-refractivity contribution in [2.45, 2.75) is 69.6 Å². The molecule has 0 aromatic heterocycles. The quantitative estimate of drug-likeness (QED) is 0.408. The molecule has 0 saturated heterocycles. The highest BCUT2D eigenvalue weighted by Gasteiger charge is 2.35. The van der Waals surface area contributed by atoms with Crippen LogP contribution in [-0.2, 0) is 9.53 Å². The van der Waals surface area contributed by atoms with E-state index in [1.807, 2.05) is 0 Å². The van der Waals surface area contributed by atoms with E-state index in [0.29, 0.717) is 18.5 Å². The van der Waals surface area contributed by atoms with Crippen LogP contribution in [0.2, 0.25) is 0 Å². The third-order valence-corrected chi connectivity index (χ3v) is 5.30. The molecule has 1 amide bonds. The Labute approximate surface area is 168 Å². The fourth-order valence-electron chi connectivity index (χ4n) is 3.42. The van der Waals surface area contributed by atoms with Gasteiger partial charge in [0.25, 0.3) is 11.6 Å². The van der Waals surface area contributed by atoms with E-state index < -0.39 is 28.4 Å². The van der Waals surface area contributed by atoms with Crippen LogP contribution in [0.4, 0.5) is 11.4 Å². The fourth-order valence-corrected chi connectivity index (χ4v) is 3.42. The van der Waals surface area contributed by atoms with E-state index in [-0.39, 0.29) is 17.3 Å². The summed E-state index contributed by atoms with van der Waals surface area (Å²) in [4.78, 5) is 35.6. The first-order chi connectivity index (χ1) is 13.8. The Morgan fingerprint density at radius 3 is 2.59 bits per heavy atom. The maximum Gasteiger partial charge on any atom is 0.339 e. The second kappa shape index (κ2) is 8.47. The minimum atomic E-state index is -1.13. The number of benzene rings is 1. The molecular formula is C20H24N4O5. The minimum absolute atomic E-state index is 0.00893. The summed E-state index contributed by atoms with van der Waals surface area (Å²) in [6.07, 6.45) is 4.65. The van der Waals surface area contributed by atoms with E-state index in [9.17, 15) is 25.0 Å². The highest BCUT2D eigenvalue weighted by atomic mass is 16.6. The van der Waals surface area contributed by atoms with Gasteiger partial charge < -0.3 is 15.4 Å². The number of hydrogen-bond acceptors (Lipinski definition) is 7. The zero-order valence-electron chi connectivity index (χ0n) is 16.3. The molecule has 3 rings (SSSR count). The Morgan fingerprint density at radius 1 is 1.31 bits per heavy atom. The van der Waals surface area contributed by atoms with Crippen LogP contribution in [0.15, 0.2) is 18.2 Å². The molecule has 0 aliphatic heterocycles. The minimum Gasteiger partial charge on any atom is -0.449 e. The van der Waals surface area contributed by atoms with Crippen molar-refractivity contribution in [2.75, 3.05) is 5.32 Å². The topological polar surface area (TPSA) is 134 Å². The maximum atomic E-state index is 12.4. The van der Waals surface area contributed by atoms with E-state index in [4.69, 9.17) is 4.74 Å². The van der Waals surface area contributed by atoms with E-state index in [1.54, 1.807) is 0 Å². The van der Waals surface area contributed by atoms with Crippen LogP contribution in [0.25, 0.3) is 0 Å². The average Bonchev–Trinajstić information content (AvgIpc) is 3.52. The van der Waals surface area contributed by atoms with Gasteiger partial charge in [0.15, 0.2) is 6.10 Å². The number of carbonyl (C=O) groups excluding carboxylic acids is 2. The van der Waals surface area contributed by atoms with Gasteiger partial charge in [-0.05, 0) is 44.7 Å². The molecule has 0 heterocycles. The Balaban J connectivity index is 1.65. The lowest BCUT2D eigenvalue weighted by Gasteiger charge is -2.32. The van der Waals surface area contributed by atoms with Gasteiger partial charge in [-0.25, -0.2) is 4.79 Å². The Hall–Kier alpha value is -3.15. The number of amides is 1. The summed E-state index contributed by atoms with van der Waals surface area (Å²) < 4.78 is 5.19. The molecule has 9 heteroatoms. The van der Waals surface area contributed by atoms with Gasteiger partial charge in [-0.3, -0.25) is 14.9 Å². The van der Waals surface area contributed by atoms with Crippen LogP contribution < -0.4 is 10.6 Å². The van der Waals surface area contributed by atoms with Crippen molar-refractivity contribution in [2.24, 2.45) is 0 Å². The van der Waals surface area contributed by atoms with Crippen LogP contribution in [0.1, 0.15) is 62.2 Å². The van der Waals surface area contributed by atoms with Crippen molar-refractivity contribution in [3.05, 3.63) is 33.9 Å². The van der Waals surface area contributed by atoms with Gasteiger partial charge in [0.05, 0.1) is 16.6 Å². The van der Waals surface area contributed by atoms with Gasteiger partial charge in [0, 0.05) is 12.1 Å². The maximum absolute atomic E-state index is 12.4. The molecule has 0 spiro atoms. The zero-order chi connectivity index (χ0) is 21.0. The lowest BCUT2D eigenvalue weighted by atomic mass is 9.83. The molecule has 9 nitrogen and oxygen atoms in total. The Kier molecular flexibility index (Phi) is 6.01. The highest BCUT2D eigenvalue weighted by molar-refractivity contribution is 5.93. The lowest BCUT2D eigenvalue weighted by Crippen LogP contribution is -2.52. The van der Waals surface area contributed by atoms with E-state index in [2.05, 4.69) is 16.7 Å².